The number of amides is 1. The molecule has 6 heteroatoms. The Morgan fingerprint density at radius 2 is 1.70 bits per heavy atom. The van der Waals surface area contributed by atoms with Crippen LogP contribution in [0.25, 0.3) is 0 Å². The first-order chi connectivity index (χ1) is 11.1. The van der Waals surface area contributed by atoms with Crippen LogP contribution in [-0.2, 0) is 4.79 Å². The van der Waals surface area contributed by atoms with Crippen molar-refractivity contribution in [1.29, 1.82) is 0 Å². The lowest BCUT2D eigenvalue weighted by Crippen LogP contribution is -2.31. The number of fused-ring (bicyclic) bond motifs is 1. The minimum atomic E-state index is -0.409. The maximum absolute atomic E-state index is 12.2. The van der Waals surface area contributed by atoms with Crippen molar-refractivity contribution >= 4 is 28.9 Å². The summed E-state index contributed by atoms with van der Waals surface area (Å²) in [6.07, 6.45) is 0. The molecule has 0 saturated heterocycles. The highest BCUT2D eigenvalue weighted by atomic mass is 35.5. The molecule has 1 aliphatic rings. The van der Waals surface area contributed by atoms with E-state index in [1.54, 1.807) is 31.2 Å². The number of benzene rings is 2. The number of carbonyl (C=O) groups excluding carboxylic acids is 1. The number of anilines is 2. The Morgan fingerprint density at radius 1 is 1.04 bits per heavy atom. The number of carbonyl (C=O) groups is 1. The standard InChI is InChI=1S/C17H17ClN2O3/c1-11(17(21)20-13-4-2-12(18)3-5-13)19-14-6-7-15-16(10-14)23-9-8-22-15/h2-7,10-11,19H,8-9H2,1H3,(H,20,21). The molecule has 2 aromatic carbocycles. The summed E-state index contributed by atoms with van der Waals surface area (Å²) < 4.78 is 11.0. The fraction of sp³-hybridized carbons (Fsp3) is 0.235. The quantitative estimate of drug-likeness (QED) is 0.899. The summed E-state index contributed by atoms with van der Waals surface area (Å²) in [4.78, 5) is 12.2. The number of halogens is 1. The molecule has 0 spiro atoms. The fourth-order valence-electron chi connectivity index (χ4n) is 2.23. The van der Waals surface area contributed by atoms with Gasteiger partial charge in [-0.05, 0) is 43.3 Å². The van der Waals surface area contributed by atoms with Crippen molar-refractivity contribution in [3.63, 3.8) is 0 Å². The van der Waals surface area contributed by atoms with E-state index in [2.05, 4.69) is 10.6 Å². The predicted molar refractivity (Wildman–Crippen MR) is 90.6 cm³/mol. The van der Waals surface area contributed by atoms with Gasteiger partial charge < -0.3 is 20.1 Å². The topological polar surface area (TPSA) is 59.6 Å². The molecule has 0 bridgehead atoms. The molecule has 0 saturated carbocycles. The van der Waals surface area contributed by atoms with Gasteiger partial charge in [-0.1, -0.05) is 11.6 Å². The first-order valence-corrected chi connectivity index (χ1v) is 7.72. The Labute approximate surface area is 139 Å². The smallest absolute Gasteiger partial charge is 0.246 e. The zero-order valence-electron chi connectivity index (χ0n) is 12.6. The molecule has 1 heterocycles. The number of ether oxygens (including phenoxy) is 2. The second-order valence-corrected chi connectivity index (χ2v) is 5.66. The van der Waals surface area contributed by atoms with Crippen LogP contribution in [0.4, 0.5) is 11.4 Å². The van der Waals surface area contributed by atoms with Gasteiger partial charge in [0.25, 0.3) is 0 Å². The van der Waals surface area contributed by atoms with Crippen molar-refractivity contribution in [2.24, 2.45) is 0 Å². The van der Waals surface area contributed by atoms with Crippen LogP contribution >= 0.6 is 11.6 Å². The third kappa shape index (κ3) is 3.87. The first-order valence-electron chi connectivity index (χ1n) is 7.34. The number of hydrogen-bond donors (Lipinski definition) is 2. The molecule has 5 nitrogen and oxygen atoms in total. The van der Waals surface area contributed by atoms with Crippen LogP contribution in [0.2, 0.25) is 5.02 Å². The molecule has 0 aromatic heterocycles. The molecule has 1 unspecified atom stereocenters. The van der Waals surface area contributed by atoms with E-state index < -0.39 is 6.04 Å². The molecule has 23 heavy (non-hydrogen) atoms. The molecule has 3 rings (SSSR count). The van der Waals surface area contributed by atoms with Gasteiger partial charge in [-0.15, -0.1) is 0 Å². The molecule has 0 aliphatic carbocycles. The molecule has 1 aliphatic heterocycles. The van der Waals surface area contributed by atoms with Crippen molar-refractivity contribution in [2.75, 3.05) is 23.8 Å². The van der Waals surface area contributed by atoms with E-state index in [0.717, 1.165) is 11.4 Å². The molecule has 120 valence electrons. The average Bonchev–Trinajstić information content (AvgIpc) is 2.56. The van der Waals surface area contributed by atoms with E-state index in [-0.39, 0.29) is 5.91 Å². The Balaban J connectivity index is 1.62. The monoisotopic (exact) mass is 332 g/mol. The lowest BCUT2D eigenvalue weighted by Gasteiger charge is -2.20. The molecule has 0 fully saturated rings. The highest BCUT2D eigenvalue weighted by Crippen LogP contribution is 2.32. The predicted octanol–water partition coefficient (Wildman–Crippen LogP) is 3.55. The van der Waals surface area contributed by atoms with E-state index in [1.165, 1.54) is 0 Å². The van der Waals surface area contributed by atoms with Gasteiger partial charge in [-0.3, -0.25) is 4.79 Å². The van der Waals surface area contributed by atoms with Gasteiger partial charge in [0.05, 0.1) is 0 Å². The van der Waals surface area contributed by atoms with E-state index in [9.17, 15) is 4.79 Å². The molecule has 1 atom stereocenters. The van der Waals surface area contributed by atoms with Crippen molar-refractivity contribution in [3.8, 4) is 11.5 Å². The van der Waals surface area contributed by atoms with Gasteiger partial charge in [0.1, 0.15) is 19.3 Å². The highest BCUT2D eigenvalue weighted by molar-refractivity contribution is 6.30. The number of rotatable bonds is 4. The van der Waals surface area contributed by atoms with E-state index >= 15 is 0 Å². The normalized spacial score (nSPS) is 14.0. The molecule has 0 radical (unpaired) electrons. The fourth-order valence-corrected chi connectivity index (χ4v) is 2.36. The van der Waals surface area contributed by atoms with Gasteiger partial charge >= 0.3 is 0 Å². The third-order valence-corrected chi connectivity index (χ3v) is 3.68. The summed E-state index contributed by atoms with van der Waals surface area (Å²) in [7, 11) is 0. The summed E-state index contributed by atoms with van der Waals surface area (Å²) in [5, 5.41) is 6.62. The molecule has 1 amide bonds. The highest BCUT2D eigenvalue weighted by Gasteiger charge is 2.16. The average molecular weight is 333 g/mol. The number of hydrogen-bond acceptors (Lipinski definition) is 4. The maximum Gasteiger partial charge on any atom is 0.246 e. The summed E-state index contributed by atoms with van der Waals surface area (Å²) in [6.45, 7) is 2.88. The van der Waals surface area contributed by atoms with Crippen molar-refractivity contribution in [2.45, 2.75) is 13.0 Å². The van der Waals surface area contributed by atoms with Crippen LogP contribution in [0, 0.1) is 0 Å². The lowest BCUT2D eigenvalue weighted by atomic mass is 10.2. The van der Waals surface area contributed by atoms with Crippen LogP contribution < -0.4 is 20.1 Å². The third-order valence-electron chi connectivity index (χ3n) is 3.43. The van der Waals surface area contributed by atoms with Crippen LogP contribution in [0.3, 0.4) is 0 Å². The van der Waals surface area contributed by atoms with Gasteiger partial charge in [0, 0.05) is 22.5 Å². The SMILES string of the molecule is CC(Nc1ccc2c(c1)OCCO2)C(=O)Nc1ccc(Cl)cc1. The van der Waals surface area contributed by atoms with Crippen molar-refractivity contribution in [1.82, 2.24) is 0 Å². The zero-order valence-corrected chi connectivity index (χ0v) is 13.4. The molecular weight excluding hydrogens is 316 g/mol. The van der Waals surface area contributed by atoms with Crippen LogP contribution in [-0.4, -0.2) is 25.2 Å². The Kier molecular flexibility index (Phi) is 4.57. The van der Waals surface area contributed by atoms with Crippen LogP contribution in [0.1, 0.15) is 6.92 Å². The van der Waals surface area contributed by atoms with E-state index in [0.29, 0.717) is 29.7 Å². The summed E-state index contributed by atoms with van der Waals surface area (Å²) in [5.74, 6) is 1.27. The Bertz CT molecular complexity index is 703. The van der Waals surface area contributed by atoms with Crippen molar-refractivity contribution < 1.29 is 14.3 Å². The largest absolute Gasteiger partial charge is 0.486 e. The van der Waals surface area contributed by atoms with Crippen LogP contribution in [0.15, 0.2) is 42.5 Å². The second-order valence-electron chi connectivity index (χ2n) is 5.22. The van der Waals surface area contributed by atoms with Gasteiger partial charge in [0.15, 0.2) is 11.5 Å². The zero-order chi connectivity index (χ0) is 16.2. The molecule has 2 N–H and O–H groups in total. The molecular formula is C17H17ClN2O3. The van der Waals surface area contributed by atoms with E-state index in [4.69, 9.17) is 21.1 Å². The second kappa shape index (κ2) is 6.79. The minimum Gasteiger partial charge on any atom is -0.486 e. The van der Waals surface area contributed by atoms with E-state index in [1.807, 2.05) is 18.2 Å². The Hall–Kier alpha value is -2.40. The summed E-state index contributed by atoms with van der Waals surface area (Å²) in [6, 6.07) is 12.1. The van der Waals surface area contributed by atoms with Crippen LogP contribution in [0.5, 0.6) is 11.5 Å². The van der Waals surface area contributed by atoms with Crippen molar-refractivity contribution in [3.05, 3.63) is 47.5 Å². The lowest BCUT2D eigenvalue weighted by molar-refractivity contribution is -0.116. The summed E-state index contributed by atoms with van der Waals surface area (Å²) in [5.41, 5.74) is 1.50. The minimum absolute atomic E-state index is 0.137. The van der Waals surface area contributed by atoms with Gasteiger partial charge in [0.2, 0.25) is 5.91 Å². The summed E-state index contributed by atoms with van der Waals surface area (Å²) >= 11 is 5.83. The Morgan fingerprint density at radius 3 is 2.43 bits per heavy atom. The maximum atomic E-state index is 12.2. The van der Waals surface area contributed by atoms with Gasteiger partial charge in [-0.2, -0.15) is 0 Å². The first kappa shape index (κ1) is 15.5. The molecule has 2 aromatic rings. The number of nitrogens with one attached hydrogen (secondary N) is 2. The van der Waals surface area contributed by atoms with Gasteiger partial charge in [-0.25, -0.2) is 0 Å².